The molecule has 0 aromatic rings. The minimum absolute atomic E-state index is 0. The van der Waals surface area contributed by atoms with Crippen LogP contribution in [0.1, 0.15) is 20.8 Å². The number of carbonyl (C=O) groups is 3. The molecule has 3 N–H and O–H groups in total. The summed E-state index contributed by atoms with van der Waals surface area (Å²) in [6.45, 7) is 3.25. The second-order valence-electron chi connectivity index (χ2n) is 1.56. The zero-order valence-electron chi connectivity index (χ0n) is 7.78. The maximum absolute atomic E-state index is 9.00. The summed E-state index contributed by atoms with van der Waals surface area (Å²) in [5.41, 5.74) is 0. The zero-order chi connectivity index (χ0) is 10.7. The molecule has 0 heterocycles. The van der Waals surface area contributed by atoms with E-state index in [4.69, 9.17) is 29.7 Å². The van der Waals surface area contributed by atoms with E-state index in [2.05, 4.69) is 0 Å². The Balaban J connectivity index is -0.0000000184. The van der Waals surface area contributed by atoms with Gasteiger partial charge in [0.25, 0.3) is 17.9 Å². The van der Waals surface area contributed by atoms with Crippen LogP contribution in [0.4, 0.5) is 0 Å². The van der Waals surface area contributed by atoms with Crippen LogP contribution in [0.15, 0.2) is 0 Å². The molecule has 0 aliphatic rings. The van der Waals surface area contributed by atoms with E-state index in [-0.39, 0.29) is 52.7 Å². The summed E-state index contributed by atoms with van der Waals surface area (Å²) in [6, 6.07) is 0. The normalized spacial score (nSPS) is 5.00. The van der Waals surface area contributed by atoms with Crippen LogP contribution in [0.2, 0.25) is 0 Å². The SMILES string of the molecule is CC(=O)O.CC(=O)O.CC(=O)O.[Co].[LiH].[Mn]. The van der Waals surface area contributed by atoms with E-state index in [0.717, 1.165) is 20.8 Å². The smallest absolute Gasteiger partial charge is 0 e. The zero-order valence-corrected chi connectivity index (χ0v) is 10.00. The summed E-state index contributed by atoms with van der Waals surface area (Å²) < 4.78 is 0. The minimum atomic E-state index is -0.833. The molecular formula is C6H13CoLiMnO6. The molecule has 0 bridgehead atoms. The van der Waals surface area contributed by atoms with Crippen LogP contribution >= 0.6 is 0 Å². The molecule has 0 atom stereocenters. The van der Waals surface area contributed by atoms with Crippen molar-refractivity contribution in [2.45, 2.75) is 20.8 Å². The van der Waals surface area contributed by atoms with Crippen molar-refractivity contribution in [3.05, 3.63) is 0 Å². The average Bonchev–Trinajstić information content (AvgIpc) is 1.54. The molecule has 0 unspecified atom stereocenters. The fourth-order valence-corrected chi connectivity index (χ4v) is 0. The molecule has 0 aliphatic carbocycles. The monoisotopic (exact) mass is 302 g/mol. The molecule has 0 saturated carbocycles. The first-order chi connectivity index (χ1) is 5.20. The molecule has 0 aliphatic heterocycles. The van der Waals surface area contributed by atoms with Crippen molar-refractivity contribution in [2.75, 3.05) is 0 Å². The van der Waals surface area contributed by atoms with Gasteiger partial charge in [-0.3, -0.25) is 14.4 Å². The molecule has 0 fully saturated rings. The summed E-state index contributed by atoms with van der Waals surface area (Å²) in [6.07, 6.45) is 0. The summed E-state index contributed by atoms with van der Waals surface area (Å²) in [5, 5.41) is 22.2. The first kappa shape index (κ1) is 36.3. The molecule has 6 nitrogen and oxygen atoms in total. The molecule has 0 amide bonds. The predicted octanol–water partition coefficient (Wildman–Crippen LogP) is -0.381. The van der Waals surface area contributed by atoms with Crippen molar-refractivity contribution >= 4 is 36.8 Å². The minimum Gasteiger partial charge on any atom is 0 e. The Bertz CT molecular complexity index is 125. The van der Waals surface area contributed by atoms with Gasteiger partial charge in [0.15, 0.2) is 0 Å². The summed E-state index contributed by atoms with van der Waals surface area (Å²) in [5.74, 6) is -2.50. The van der Waals surface area contributed by atoms with Gasteiger partial charge in [0.1, 0.15) is 0 Å². The van der Waals surface area contributed by atoms with E-state index in [1.165, 1.54) is 0 Å². The van der Waals surface area contributed by atoms with E-state index in [1.54, 1.807) is 0 Å². The van der Waals surface area contributed by atoms with Crippen molar-refractivity contribution in [1.29, 1.82) is 0 Å². The second-order valence-corrected chi connectivity index (χ2v) is 1.56. The van der Waals surface area contributed by atoms with Crippen LogP contribution in [0, 0.1) is 0 Å². The fraction of sp³-hybridized carbons (Fsp3) is 0.500. The summed E-state index contributed by atoms with van der Waals surface area (Å²) in [4.78, 5) is 27.0. The van der Waals surface area contributed by atoms with Crippen molar-refractivity contribution in [3.8, 4) is 0 Å². The van der Waals surface area contributed by atoms with Gasteiger partial charge in [-0.25, -0.2) is 0 Å². The standard InChI is InChI=1S/3C2H4O2.Co.Li.Mn.H/c3*1-2(3)4;;;;/h3*1H3,(H,3,4);;;;. The van der Waals surface area contributed by atoms with Crippen molar-refractivity contribution < 1.29 is 63.6 Å². The van der Waals surface area contributed by atoms with Crippen molar-refractivity contribution in [3.63, 3.8) is 0 Å². The summed E-state index contributed by atoms with van der Waals surface area (Å²) >= 11 is 0. The largest absolute Gasteiger partial charge is 0 e. The van der Waals surface area contributed by atoms with Crippen LogP contribution in [-0.4, -0.2) is 52.1 Å². The van der Waals surface area contributed by atoms with E-state index in [9.17, 15) is 0 Å². The molecule has 0 saturated heterocycles. The average molecular weight is 302 g/mol. The maximum atomic E-state index is 9.00. The maximum Gasteiger partial charge on any atom is 0 e. The van der Waals surface area contributed by atoms with Gasteiger partial charge in [0.05, 0.1) is 0 Å². The van der Waals surface area contributed by atoms with Gasteiger partial charge in [0, 0.05) is 54.6 Å². The third-order valence-corrected chi connectivity index (χ3v) is 0. The molecule has 0 aromatic heterocycles. The molecule has 0 aromatic carbocycles. The topological polar surface area (TPSA) is 112 Å². The molecule has 0 spiro atoms. The Kier molecular flexibility index (Phi) is 70.7. The van der Waals surface area contributed by atoms with Crippen LogP contribution in [0.3, 0.4) is 0 Å². The van der Waals surface area contributed by atoms with Gasteiger partial charge in [-0.2, -0.15) is 0 Å². The molecule has 9 heteroatoms. The third kappa shape index (κ3) is 1820000. The fourth-order valence-electron chi connectivity index (χ4n) is 0. The Morgan fingerprint density at radius 3 is 0.733 bits per heavy atom. The number of carboxylic acid groups (broad SMARTS) is 3. The Morgan fingerprint density at radius 1 is 0.733 bits per heavy atom. The second kappa shape index (κ2) is 29.2. The van der Waals surface area contributed by atoms with Crippen LogP contribution in [0.25, 0.3) is 0 Å². The number of rotatable bonds is 0. The predicted molar refractivity (Wildman–Crippen MR) is 47.1 cm³/mol. The van der Waals surface area contributed by atoms with Crippen molar-refractivity contribution in [2.24, 2.45) is 0 Å². The molecule has 2 radical (unpaired) electrons. The van der Waals surface area contributed by atoms with Gasteiger partial charge in [-0.15, -0.1) is 0 Å². The first-order valence-corrected chi connectivity index (χ1v) is 2.78. The quantitative estimate of drug-likeness (QED) is 0.526. The molecular weight excluding hydrogens is 289 g/mol. The van der Waals surface area contributed by atoms with E-state index in [0.29, 0.717) is 0 Å². The van der Waals surface area contributed by atoms with Gasteiger partial charge in [0.2, 0.25) is 0 Å². The molecule has 0 rings (SSSR count). The number of carboxylic acids is 3. The summed E-state index contributed by atoms with van der Waals surface area (Å²) in [7, 11) is 0. The Labute approximate surface area is 121 Å². The Hall–Kier alpha value is 0.0334. The number of hydrogen-bond acceptors (Lipinski definition) is 3. The van der Waals surface area contributed by atoms with Gasteiger partial charge >= 0.3 is 18.9 Å². The number of aliphatic carboxylic acids is 3. The first-order valence-electron chi connectivity index (χ1n) is 2.78. The Morgan fingerprint density at radius 2 is 0.733 bits per heavy atom. The number of hydrogen-bond donors (Lipinski definition) is 3. The van der Waals surface area contributed by atoms with Gasteiger partial charge in [-0.05, 0) is 0 Å². The van der Waals surface area contributed by atoms with Crippen molar-refractivity contribution in [1.82, 2.24) is 0 Å². The van der Waals surface area contributed by atoms with Gasteiger partial charge < -0.3 is 15.3 Å². The van der Waals surface area contributed by atoms with Crippen LogP contribution in [-0.2, 0) is 48.2 Å². The van der Waals surface area contributed by atoms with Gasteiger partial charge in [-0.1, -0.05) is 0 Å². The van der Waals surface area contributed by atoms with E-state index in [1.807, 2.05) is 0 Å². The van der Waals surface area contributed by atoms with Crippen LogP contribution < -0.4 is 0 Å². The molecule has 15 heavy (non-hydrogen) atoms. The molecule has 90 valence electrons. The third-order valence-electron chi connectivity index (χ3n) is 0. The van der Waals surface area contributed by atoms with E-state index >= 15 is 0 Å². The van der Waals surface area contributed by atoms with E-state index < -0.39 is 17.9 Å². The van der Waals surface area contributed by atoms with Crippen LogP contribution in [0.5, 0.6) is 0 Å².